The number of rotatable bonds is 5. The molecule has 0 bridgehead atoms. The number of aromatic amines is 1. The molecule has 0 aliphatic rings. The Hall–Kier alpha value is -2.15. The van der Waals surface area contributed by atoms with Crippen LogP contribution >= 0.6 is 11.6 Å². The lowest BCUT2D eigenvalue weighted by atomic mass is 10.2. The number of anilines is 1. The highest BCUT2D eigenvalue weighted by Gasteiger charge is 2.18. The first-order valence-corrected chi connectivity index (χ1v) is 6.91. The Bertz CT molecular complexity index is 641. The lowest BCUT2D eigenvalue weighted by Gasteiger charge is -2.16. The Kier molecular flexibility index (Phi) is 4.74. The van der Waals surface area contributed by atoms with E-state index in [9.17, 15) is 4.79 Å². The predicted octanol–water partition coefficient (Wildman–Crippen LogP) is 1.87. The maximum Gasteiger partial charge on any atom is 0.255 e. The van der Waals surface area contributed by atoms with Gasteiger partial charge >= 0.3 is 0 Å². The molecule has 0 atom stereocenters. The Labute approximate surface area is 127 Å². The van der Waals surface area contributed by atoms with Crippen LogP contribution in [0.15, 0.2) is 12.3 Å². The van der Waals surface area contributed by atoms with E-state index in [0.717, 1.165) is 0 Å². The zero-order chi connectivity index (χ0) is 15.4. The molecule has 21 heavy (non-hydrogen) atoms. The molecule has 8 heteroatoms. The monoisotopic (exact) mass is 308 g/mol. The van der Waals surface area contributed by atoms with Gasteiger partial charge in [0.15, 0.2) is 5.82 Å². The molecular formula is C13H17ClN6O. The smallest absolute Gasteiger partial charge is 0.255 e. The average molecular weight is 309 g/mol. The zero-order valence-corrected chi connectivity index (χ0v) is 12.9. The first-order valence-electron chi connectivity index (χ1n) is 6.54. The molecule has 112 valence electrons. The third-order valence-corrected chi connectivity index (χ3v) is 3.11. The summed E-state index contributed by atoms with van der Waals surface area (Å²) in [6.07, 6.45) is 1.47. The molecule has 0 saturated carbocycles. The molecule has 0 aliphatic heterocycles. The normalized spacial score (nSPS) is 10.5. The van der Waals surface area contributed by atoms with Crippen molar-refractivity contribution in [2.24, 2.45) is 0 Å². The van der Waals surface area contributed by atoms with Gasteiger partial charge in [-0.1, -0.05) is 11.6 Å². The third-order valence-electron chi connectivity index (χ3n) is 2.81. The molecule has 2 aromatic heterocycles. The van der Waals surface area contributed by atoms with Crippen LogP contribution in [-0.2, 0) is 6.54 Å². The van der Waals surface area contributed by atoms with E-state index in [0.29, 0.717) is 41.1 Å². The molecule has 7 nitrogen and oxygen atoms in total. The quantitative estimate of drug-likeness (QED) is 0.880. The predicted molar refractivity (Wildman–Crippen MR) is 80.3 cm³/mol. The van der Waals surface area contributed by atoms with Gasteiger partial charge < -0.3 is 10.2 Å². The standard InChI is InChI=1S/C13H17ClN6O/c1-4-15-11-5-9(10(14)6-16-11)13(21)20(3)7-12-17-8(2)18-19-12/h5-6H,4,7H2,1-3H3,(H,15,16)(H,17,18,19). The molecule has 2 heterocycles. The van der Waals surface area contributed by atoms with Crippen molar-refractivity contribution in [1.29, 1.82) is 0 Å². The summed E-state index contributed by atoms with van der Waals surface area (Å²) in [5, 5.41) is 10.1. The van der Waals surface area contributed by atoms with Gasteiger partial charge in [0.1, 0.15) is 11.6 Å². The van der Waals surface area contributed by atoms with Gasteiger partial charge in [0.2, 0.25) is 0 Å². The number of amides is 1. The van der Waals surface area contributed by atoms with E-state index in [4.69, 9.17) is 11.6 Å². The summed E-state index contributed by atoms with van der Waals surface area (Å²) in [6.45, 7) is 4.78. The van der Waals surface area contributed by atoms with Crippen LogP contribution in [0.2, 0.25) is 5.02 Å². The number of H-pyrrole nitrogens is 1. The Morgan fingerprint density at radius 2 is 2.29 bits per heavy atom. The van der Waals surface area contributed by atoms with Crippen LogP contribution in [0.4, 0.5) is 5.82 Å². The molecule has 2 N–H and O–H groups in total. The highest BCUT2D eigenvalue weighted by Crippen LogP contribution is 2.20. The van der Waals surface area contributed by atoms with Crippen LogP contribution < -0.4 is 5.32 Å². The molecular weight excluding hydrogens is 292 g/mol. The Morgan fingerprint density at radius 1 is 1.52 bits per heavy atom. The summed E-state index contributed by atoms with van der Waals surface area (Å²) in [5.74, 6) is 1.68. The summed E-state index contributed by atoms with van der Waals surface area (Å²) in [7, 11) is 1.68. The van der Waals surface area contributed by atoms with Crippen LogP contribution in [0.3, 0.4) is 0 Å². The number of aromatic nitrogens is 4. The van der Waals surface area contributed by atoms with Crippen LogP contribution in [-0.4, -0.2) is 44.6 Å². The largest absolute Gasteiger partial charge is 0.370 e. The van der Waals surface area contributed by atoms with E-state index in [-0.39, 0.29) is 5.91 Å². The number of carbonyl (C=O) groups excluding carboxylic acids is 1. The molecule has 0 aliphatic carbocycles. The van der Waals surface area contributed by atoms with Gasteiger partial charge in [0.25, 0.3) is 5.91 Å². The maximum atomic E-state index is 12.5. The van der Waals surface area contributed by atoms with Crippen LogP contribution in [0.5, 0.6) is 0 Å². The molecule has 0 spiro atoms. The minimum absolute atomic E-state index is 0.205. The number of carbonyl (C=O) groups is 1. The number of hydrogen-bond donors (Lipinski definition) is 2. The Morgan fingerprint density at radius 3 is 2.90 bits per heavy atom. The third kappa shape index (κ3) is 3.69. The topological polar surface area (TPSA) is 86.8 Å². The molecule has 2 aromatic rings. The fraction of sp³-hybridized carbons (Fsp3) is 0.385. The number of halogens is 1. The van der Waals surface area contributed by atoms with Gasteiger partial charge in [-0.15, -0.1) is 0 Å². The molecule has 0 saturated heterocycles. The van der Waals surface area contributed by atoms with E-state index < -0.39 is 0 Å². The summed E-state index contributed by atoms with van der Waals surface area (Å²) in [5.41, 5.74) is 0.400. The molecule has 1 amide bonds. The van der Waals surface area contributed by atoms with Gasteiger partial charge in [-0.3, -0.25) is 9.89 Å². The lowest BCUT2D eigenvalue weighted by molar-refractivity contribution is 0.0782. The number of nitrogens with one attached hydrogen (secondary N) is 2. The summed E-state index contributed by atoms with van der Waals surface area (Å²) >= 11 is 6.07. The van der Waals surface area contributed by atoms with Gasteiger partial charge in [0, 0.05) is 19.8 Å². The van der Waals surface area contributed by atoms with E-state index >= 15 is 0 Å². The van der Waals surface area contributed by atoms with E-state index in [1.54, 1.807) is 20.0 Å². The minimum atomic E-state index is -0.205. The van der Waals surface area contributed by atoms with Crippen molar-refractivity contribution in [3.05, 3.63) is 34.5 Å². The summed E-state index contributed by atoms with van der Waals surface area (Å²) in [6, 6.07) is 1.65. The van der Waals surface area contributed by atoms with Crippen molar-refractivity contribution in [2.45, 2.75) is 20.4 Å². The number of aryl methyl sites for hydroxylation is 1. The first kappa shape index (κ1) is 15.2. The van der Waals surface area contributed by atoms with Gasteiger partial charge in [-0.05, 0) is 19.9 Å². The van der Waals surface area contributed by atoms with Crippen molar-refractivity contribution in [3.63, 3.8) is 0 Å². The molecule has 2 rings (SSSR count). The molecule has 0 fully saturated rings. The van der Waals surface area contributed by atoms with E-state index in [2.05, 4.69) is 25.5 Å². The van der Waals surface area contributed by atoms with Crippen molar-refractivity contribution in [1.82, 2.24) is 25.1 Å². The number of hydrogen-bond acceptors (Lipinski definition) is 5. The lowest BCUT2D eigenvalue weighted by Crippen LogP contribution is -2.27. The van der Waals surface area contributed by atoms with Crippen LogP contribution in [0.25, 0.3) is 0 Å². The second-order valence-electron chi connectivity index (χ2n) is 4.58. The molecule has 0 radical (unpaired) electrons. The minimum Gasteiger partial charge on any atom is -0.370 e. The fourth-order valence-corrected chi connectivity index (χ4v) is 2.01. The van der Waals surface area contributed by atoms with Gasteiger partial charge in [0.05, 0.1) is 17.1 Å². The SMILES string of the molecule is CCNc1cc(C(=O)N(C)Cc2n[nH]c(C)n2)c(Cl)cn1. The van der Waals surface area contributed by atoms with E-state index in [1.807, 2.05) is 6.92 Å². The maximum absolute atomic E-state index is 12.5. The number of nitrogens with zero attached hydrogens (tertiary/aromatic N) is 4. The fourth-order valence-electron chi connectivity index (χ4n) is 1.83. The van der Waals surface area contributed by atoms with Crippen molar-refractivity contribution >= 4 is 23.3 Å². The zero-order valence-electron chi connectivity index (χ0n) is 12.1. The number of pyridine rings is 1. The van der Waals surface area contributed by atoms with Crippen molar-refractivity contribution in [3.8, 4) is 0 Å². The molecule has 0 aromatic carbocycles. The Balaban J connectivity index is 2.16. The first-order chi connectivity index (χ1) is 10.0. The highest BCUT2D eigenvalue weighted by atomic mass is 35.5. The van der Waals surface area contributed by atoms with Crippen molar-refractivity contribution < 1.29 is 4.79 Å². The highest BCUT2D eigenvalue weighted by molar-refractivity contribution is 6.33. The van der Waals surface area contributed by atoms with Gasteiger partial charge in [-0.2, -0.15) is 5.10 Å². The second kappa shape index (κ2) is 6.53. The second-order valence-corrected chi connectivity index (χ2v) is 4.99. The molecule has 0 unspecified atom stereocenters. The summed E-state index contributed by atoms with van der Waals surface area (Å²) < 4.78 is 0. The van der Waals surface area contributed by atoms with E-state index in [1.165, 1.54) is 11.1 Å². The summed E-state index contributed by atoms with van der Waals surface area (Å²) in [4.78, 5) is 22.3. The average Bonchev–Trinajstić information content (AvgIpc) is 2.85. The van der Waals surface area contributed by atoms with Crippen LogP contribution in [0, 0.1) is 6.92 Å². The van der Waals surface area contributed by atoms with Gasteiger partial charge in [-0.25, -0.2) is 9.97 Å². The van der Waals surface area contributed by atoms with Crippen molar-refractivity contribution in [2.75, 3.05) is 18.9 Å². The van der Waals surface area contributed by atoms with Crippen LogP contribution in [0.1, 0.15) is 28.9 Å².